The Balaban J connectivity index is 1.79. The van der Waals surface area contributed by atoms with E-state index in [0.29, 0.717) is 12.0 Å². The molecule has 2 atom stereocenters. The van der Waals surface area contributed by atoms with Crippen LogP contribution < -0.4 is 0 Å². The highest BCUT2D eigenvalue weighted by molar-refractivity contribution is 7.15. The summed E-state index contributed by atoms with van der Waals surface area (Å²) >= 11 is 1.38. The molecule has 0 spiro atoms. The summed E-state index contributed by atoms with van der Waals surface area (Å²) in [5.41, 5.74) is 0.959. The Morgan fingerprint density at radius 2 is 2.25 bits per heavy atom. The first-order chi connectivity index (χ1) is 9.54. The van der Waals surface area contributed by atoms with Crippen molar-refractivity contribution in [3.8, 4) is 0 Å². The molecular formula is C15H17NO3S. The molecular weight excluding hydrogens is 274 g/mol. The molecule has 2 unspecified atom stereocenters. The van der Waals surface area contributed by atoms with Crippen molar-refractivity contribution >= 4 is 29.3 Å². The van der Waals surface area contributed by atoms with E-state index in [4.69, 9.17) is 5.11 Å². The molecule has 2 bridgehead atoms. The second-order valence-corrected chi connectivity index (χ2v) is 6.70. The van der Waals surface area contributed by atoms with Gasteiger partial charge >= 0.3 is 5.97 Å². The van der Waals surface area contributed by atoms with Crippen LogP contribution in [0.3, 0.4) is 0 Å². The number of rotatable bonds is 3. The van der Waals surface area contributed by atoms with Crippen molar-refractivity contribution in [3.05, 3.63) is 27.5 Å². The van der Waals surface area contributed by atoms with Gasteiger partial charge < -0.3 is 10.0 Å². The van der Waals surface area contributed by atoms with Crippen molar-refractivity contribution in [1.29, 1.82) is 0 Å². The van der Waals surface area contributed by atoms with Gasteiger partial charge in [-0.3, -0.25) is 4.79 Å². The van der Waals surface area contributed by atoms with Gasteiger partial charge in [0.25, 0.3) is 5.91 Å². The second kappa shape index (κ2) is 5.05. The van der Waals surface area contributed by atoms with E-state index in [1.165, 1.54) is 17.8 Å². The predicted octanol–water partition coefficient (Wildman–Crippen LogP) is 2.78. The molecule has 1 aromatic rings. The summed E-state index contributed by atoms with van der Waals surface area (Å²) in [5, 5.41) is 8.67. The lowest BCUT2D eigenvalue weighted by atomic mass is 10.1. The third-order valence-electron chi connectivity index (χ3n) is 4.21. The number of piperidine rings is 1. The lowest BCUT2D eigenvalue weighted by Crippen LogP contribution is -2.37. The zero-order chi connectivity index (χ0) is 14.3. The highest BCUT2D eigenvalue weighted by Gasteiger charge is 2.40. The van der Waals surface area contributed by atoms with Crippen LogP contribution in [0.5, 0.6) is 0 Å². The third kappa shape index (κ3) is 2.38. The number of carboxylic acid groups (broad SMARTS) is 1. The quantitative estimate of drug-likeness (QED) is 0.871. The Labute approximate surface area is 121 Å². The van der Waals surface area contributed by atoms with Crippen molar-refractivity contribution in [2.45, 2.75) is 32.2 Å². The molecule has 1 saturated heterocycles. The number of likely N-dealkylation sites (tertiary alicyclic amines) is 1. The van der Waals surface area contributed by atoms with Crippen LogP contribution in [0.15, 0.2) is 12.1 Å². The minimum atomic E-state index is -0.970. The van der Waals surface area contributed by atoms with E-state index >= 15 is 0 Å². The number of carboxylic acids is 1. The SMILES string of the molecule is Cc1cc(C(=O)N2CC3CCC2C3)sc1/C=C/C(=O)O. The maximum Gasteiger partial charge on any atom is 0.328 e. The molecule has 1 N–H and O–H groups in total. The largest absolute Gasteiger partial charge is 0.478 e. The molecule has 2 fully saturated rings. The van der Waals surface area contributed by atoms with Crippen LogP contribution in [0.1, 0.15) is 39.4 Å². The Kier molecular flexibility index (Phi) is 3.38. The number of aliphatic carboxylic acids is 1. The van der Waals surface area contributed by atoms with Gasteiger partial charge in [-0.05, 0) is 49.8 Å². The van der Waals surface area contributed by atoms with E-state index in [0.717, 1.165) is 40.8 Å². The normalized spacial score (nSPS) is 24.8. The summed E-state index contributed by atoms with van der Waals surface area (Å²) in [5.74, 6) is -0.167. The summed E-state index contributed by atoms with van der Waals surface area (Å²) in [7, 11) is 0. The molecule has 2 aliphatic rings. The third-order valence-corrected chi connectivity index (χ3v) is 5.40. The molecule has 3 rings (SSSR count). The molecule has 20 heavy (non-hydrogen) atoms. The number of fused-ring (bicyclic) bond motifs is 2. The van der Waals surface area contributed by atoms with Crippen LogP contribution in [0, 0.1) is 12.8 Å². The molecule has 5 heteroatoms. The van der Waals surface area contributed by atoms with E-state index in [9.17, 15) is 9.59 Å². The molecule has 1 amide bonds. The predicted molar refractivity (Wildman–Crippen MR) is 77.9 cm³/mol. The van der Waals surface area contributed by atoms with Gasteiger partial charge in [-0.1, -0.05) is 0 Å². The number of nitrogens with zero attached hydrogens (tertiary/aromatic N) is 1. The van der Waals surface area contributed by atoms with Crippen molar-refractivity contribution < 1.29 is 14.7 Å². The first kappa shape index (κ1) is 13.4. The van der Waals surface area contributed by atoms with Crippen LogP contribution in [-0.4, -0.2) is 34.5 Å². The fraction of sp³-hybridized carbons (Fsp3) is 0.467. The van der Waals surface area contributed by atoms with Crippen LogP contribution in [0.2, 0.25) is 0 Å². The molecule has 4 nitrogen and oxygen atoms in total. The Morgan fingerprint density at radius 1 is 1.45 bits per heavy atom. The van der Waals surface area contributed by atoms with Gasteiger partial charge in [0.2, 0.25) is 0 Å². The van der Waals surface area contributed by atoms with Gasteiger partial charge in [-0.2, -0.15) is 0 Å². The van der Waals surface area contributed by atoms with Crippen LogP contribution in [0.25, 0.3) is 6.08 Å². The number of hydrogen-bond acceptors (Lipinski definition) is 3. The summed E-state index contributed by atoms with van der Waals surface area (Å²) in [6.07, 6.45) is 6.22. The molecule has 2 heterocycles. The zero-order valence-corrected chi connectivity index (χ0v) is 12.2. The number of carbonyl (C=O) groups is 2. The molecule has 0 aromatic carbocycles. The van der Waals surface area contributed by atoms with E-state index in [-0.39, 0.29) is 5.91 Å². The Hall–Kier alpha value is -1.62. The highest BCUT2D eigenvalue weighted by atomic mass is 32.1. The maximum absolute atomic E-state index is 12.5. The average molecular weight is 291 g/mol. The van der Waals surface area contributed by atoms with Gasteiger partial charge in [0.1, 0.15) is 0 Å². The summed E-state index contributed by atoms with van der Waals surface area (Å²) in [4.78, 5) is 26.7. The van der Waals surface area contributed by atoms with Crippen LogP contribution in [-0.2, 0) is 4.79 Å². The van der Waals surface area contributed by atoms with Crippen molar-refractivity contribution in [1.82, 2.24) is 4.90 Å². The van der Waals surface area contributed by atoms with Crippen molar-refractivity contribution in [3.63, 3.8) is 0 Å². The first-order valence-electron chi connectivity index (χ1n) is 6.87. The number of hydrogen-bond donors (Lipinski definition) is 1. The van der Waals surface area contributed by atoms with E-state index in [1.54, 1.807) is 6.08 Å². The van der Waals surface area contributed by atoms with Gasteiger partial charge in [-0.25, -0.2) is 4.79 Å². The molecule has 1 saturated carbocycles. The van der Waals surface area contributed by atoms with Crippen molar-refractivity contribution in [2.24, 2.45) is 5.92 Å². The van der Waals surface area contributed by atoms with Gasteiger partial charge in [-0.15, -0.1) is 11.3 Å². The second-order valence-electron chi connectivity index (χ2n) is 5.62. The number of amides is 1. The van der Waals surface area contributed by atoms with Crippen LogP contribution in [0.4, 0.5) is 0 Å². The van der Waals surface area contributed by atoms with Gasteiger partial charge in [0.05, 0.1) is 4.88 Å². The number of carbonyl (C=O) groups excluding carboxylic acids is 1. The van der Waals surface area contributed by atoms with E-state index in [1.807, 2.05) is 17.9 Å². The molecule has 106 valence electrons. The molecule has 1 aliphatic heterocycles. The fourth-order valence-corrected chi connectivity index (χ4v) is 4.26. The fourth-order valence-electron chi connectivity index (χ4n) is 3.23. The van der Waals surface area contributed by atoms with E-state index in [2.05, 4.69) is 0 Å². The summed E-state index contributed by atoms with van der Waals surface area (Å²) in [6, 6.07) is 2.30. The first-order valence-corrected chi connectivity index (χ1v) is 7.68. The Bertz CT molecular complexity index is 590. The Morgan fingerprint density at radius 3 is 2.85 bits per heavy atom. The maximum atomic E-state index is 12.5. The van der Waals surface area contributed by atoms with Gasteiger partial charge in [0, 0.05) is 23.5 Å². The standard InChI is InChI=1S/C15H17NO3S/c1-9-6-13(20-12(9)4-5-14(17)18)15(19)16-8-10-2-3-11(16)7-10/h4-6,10-11H,2-3,7-8H2,1H3,(H,17,18)/b5-4+. The lowest BCUT2D eigenvalue weighted by Gasteiger charge is -2.26. The smallest absolute Gasteiger partial charge is 0.328 e. The van der Waals surface area contributed by atoms with Crippen LogP contribution >= 0.6 is 11.3 Å². The molecule has 1 aliphatic carbocycles. The highest BCUT2D eigenvalue weighted by Crippen LogP contribution is 2.39. The average Bonchev–Trinajstić information content (AvgIpc) is 3.10. The molecule has 1 aromatic heterocycles. The monoisotopic (exact) mass is 291 g/mol. The summed E-state index contributed by atoms with van der Waals surface area (Å²) < 4.78 is 0. The summed E-state index contributed by atoms with van der Waals surface area (Å²) in [6.45, 7) is 2.80. The number of aryl methyl sites for hydroxylation is 1. The topological polar surface area (TPSA) is 57.6 Å². The minimum Gasteiger partial charge on any atom is -0.478 e. The zero-order valence-electron chi connectivity index (χ0n) is 11.3. The number of thiophene rings is 1. The molecule has 0 radical (unpaired) electrons. The minimum absolute atomic E-state index is 0.111. The van der Waals surface area contributed by atoms with E-state index < -0.39 is 5.97 Å². The van der Waals surface area contributed by atoms with Crippen molar-refractivity contribution in [2.75, 3.05) is 6.54 Å². The lowest BCUT2D eigenvalue weighted by molar-refractivity contribution is -0.131. The van der Waals surface area contributed by atoms with Gasteiger partial charge in [0.15, 0.2) is 0 Å².